The van der Waals surface area contributed by atoms with Gasteiger partial charge in [-0.2, -0.15) is 4.98 Å². The van der Waals surface area contributed by atoms with Crippen molar-refractivity contribution in [1.29, 1.82) is 0 Å². The molecular weight excluding hydrogens is 354 g/mol. The van der Waals surface area contributed by atoms with Gasteiger partial charge < -0.3 is 14.7 Å². The normalized spacial score (nSPS) is 19.3. The number of aliphatic hydroxyl groups excluding tert-OH is 1. The average Bonchev–Trinajstić information content (AvgIpc) is 3.13. The van der Waals surface area contributed by atoms with Crippen molar-refractivity contribution in [1.82, 2.24) is 9.97 Å². The first-order valence-electron chi connectivity index (χ1n) is 8.64. The van der Waals surface area contributed by atoms with Crippen LogP contribution in [0.15, 0.2) is 33.5 Å². The zero-order chi connectivity index (χ0) is 17.9. The molecule has 2 aromatic heterocycles. The lowest BCUT2D eigenvalue weighted by molar-refractivity contribution is 0.0177. The van der Waals surface area contributed by atoms with Gasteiger partial charge in [-0.1, -0.05) is 17.6 Å². The van der Waals surface area contributed by atoms with E-state index in [2.05, 4.69) is 15.1 Å². The van der Waals surface area contributed by atoms with E-state index in [-0.39, 0.29) is 17.4 Å². The topological polar surface area (TPSA) is 96.8 Å². The van der Waals surface area contributed by atoms with Crippen molar-refractivity contribution in [3.8, 4) is 11.9 Å². The van der Waals surface area contributed by atoms with Gasteiger partial charge in [0.1, 0.15) is 5.56 Å². The molecule has 3 heterocycles. The van der Waals surface area contributed by atoms with Crippen LogP contribution in [0.25, 0.3) is 5.57 Å². The zero-order valence-corrected chi connectivity index (χ0v) is 14.9. The van der Waals surface area contributed by atoms with Gasteiger partial charge in [-0.25, -0.2) is 0 Å². The molecule has 0 amide bonds. The molecule has 0 spiro atoms. The van der Waals surface area contributed by atoms with Crippen LogP contribution < -0.4 is 15.1 Å². The number of fused-ring (bicyclic) bond motifs is 1. The monoisotopic (exact) mass is 373 g/mol. The van der Waals surface area contributed by atoms with Gasteiger partial charge in [0.05, 0.1) is 5.71 Å². The third-order valence-corrected chi connectivity index (χ3v) is 5.27. The molecule has 0 aromatic carbocycles. The number of nitrogens with zero attached hydrogens (tertiary/aromatic N) is 2. The summed E-state index contributed by atoms with van der Waals surface area (Å²) in [6, 6.07) is 3.89. The molecule has 1 aliphatic carbocycles. The quantitative estimate of drug-likeness (QED) is 0.803. The molecule has 7 nitrogen and oxygen atoms in total. The summed E-state index contributed by atoms with van der Waals surface area (Å²) in [7, 11) is 0. The summed E-state index contributed by atoms with van der Waals surface area (Å²) >= 11 is 1.59. The van der Waals surface area contributed by atoms with Crippen molar-refractivity contribution >= 4 is 22.6 Å². The molecule has 2 aromatic rings. The lowest BCUT2D eigenvalue weighted by atomic mass is 9.99. The number of aromatic amines is 1. The maximum absolute atomic E-state index is 12.6. The number of thiophene rings is 1. The minimum atomic E-state index is -1.15. The third kappa shape index (κ3) is 3.71. The smallest absolute Gasteiger partial charge is 0.329 e. The van der Waals surface area contributed by atoms with Crippen molar-refractivity contribution in [2.45, 2.75) is 44.8 Å². The molecule has 4 rings (SSSR count). The van der Waals surface area contributed by atoms with Crippen LogP contribution in [0.2, 0.25) is 0 Å². The first-order chi connectivity index (χ1) is 12.7. The Balaban J connectivity index is 1.60. The number of aliphatic hydroxyl groups is 1. The predicted molar refractivity (Wildman–Crippen MR) is 98.6 cm³/mol. The lowest BCUT2D eigenvalue weighted by Gasteiger charge is -2.20. The Kier molecular flexibility index (Phi) is 4.85. The Labute approximate surface area is 154 Å². The second-order valence-electron chi connectivity index (χ2n) is 6.32. The summed E-state index contributed by atoms with van der Waals surface area (Å²) in [5.74, 6) is 0.0640. The van der Waals surface area contributed by atoms with Gasteiger partial charge in [0, 0.05) is 11.3 Å². The van der Waals surface area contributed by atoms with E-state index in [0.29, 0.717) is 17.6 Å². The molecular formula is C18H19N3O4S. The molecule has 0 saturated heterocycles. The van der Waals surface area contributed by atoms with Crippen molar-refractivity contribution in [2.75, 3.05) is 0 Å². The number of aromatic nitrogens is 2. The first-order valence-corrected chi connectivity index (χ1v) is 9.52. The fourth-order valence-electron chi connectivity index (χ4n) is 3.16. The molecule has 0 bridgehead atoms. The van der Waals surface area contributed by atoms with E-state index in [1.807, 2.05) is 17.5 Å². The van der Waals surface area contributed by atoms with Crippen molar-refractivity contribution in [3.05, 3.63) is 44.4 Å². The standard InChI is InChI=1S/C18H19N3O4S/c22-14-10-11(9-13-7-4-8-26-13)15-16(23)19-18(20-17(15)24-14)25-21-12-5-2-1-3-6-12/h4,7-8,10,14,22H,1-3,5-6,9H2,(H,19,20,23). The van der Waals surface area contributed by atoms with Gasteiger partial charge in [0.25, 0.3) is 5.56 Å². The predicted octanol–water partition coefficient (Wildman–Crippen LogP) is 2.87. The van der Waals surface area contributed by atoms with Gasteiger partial charge in [0.15, 0.2) is 0 Å². The van der Waals surface area contributed by atoms with Crippen LogP contribution in [-0.2, 0) is 6.42 Å². The van der Waals surface area contributed by atoms with Crippen molar-refractivity contribution < 1.29 is 14.7 Å². The van der Waals surface area contributed by atoms with Gasteiger partial charge in [-0.05, 0) is 48.8 Å². The molecule has 2 N–H and O–H groups in total. The summed E-state index contributed by atoms with van der Waals surface area (Å²) in [4.78, 5) is 25.7. The highest BCUT2D eigenvalue weighted by molar-refractivity contribution is 7.10. The molecule has 26 heavy (non-hydrogen) atoms. The number of hydrogen-bond acceptors (Lipinski definition) is 7. The maximum Gasteiger partial charge on any atom is 0.329 e. The Bertz CT molecular complexity index is 894. The summed E-state index contributed by atoms with van der Waals surface area (Å²) in [6.45, 7) is 0. The molecule has 1 unspecified atom stereocenters. The fourth-order valence-corrected chi connectivity index (χ4v) is 3.88. The van der Waals surface area contributed by atoms with Gasteiger partial charge in [-0.15, -0.1) is 11.3 Å². The highest BCUT2D eigenvalue weighted by atomic mass is 32.1. The van der Waals surface area contributed by atoms with Crippen molar-refractivity contribution in [2.24, 2.45) is 5.16 Å². The second kappa shape index (κ2) is 7.43. The van der Waals surface area contributed by atoms with E-state index in [9.17, 15) is 9.90 Å². The van der Waals surface area contributed by atoms with Crippen LogP contribution in [0.5, 0.6) is 11.9 Å². The van der Waals surface area contributed by atoms with E-state index in [1.54, 1.807) is 11.3 Å². The molecule has 2 aliphatic rings. The number of hydrogen-bond donors (Lipinski definition) is 2. The zero-order valence-electron chi connectivity index (χ0n) is 14.1. The summed E-state index contributed by atoms with van der Waals surface area (Å²) in [6.07, 6.45) is 6.11. The number of nitrogens with one attached hydrogen (secondary N) is 1. The van der Waals surface area contributed by atoms with Gasteiger partial charge in [0.2, 0.25) is 12.2 Å². The number of rotatable bonds is 4. The van der Waals surface area contributed by atoms with E-state index < -0.39 is 6.29 Å². The Morgan fingerprint density at radius 1 is 1.38 bits per heavy atom. The van der Waals surface area contributed by atoms with Crippen LogP contribution in [-0.4, -0.2) is 27.1 Å². The maximum atomic E-state index is 12.6. The average molecular weight is 373 g/mol. The van der Waals surface area contributed by atoms with E-state index in [1.165, 1.54) is 12.5 Å². The molecule has 1 saturated carbocycles. The number of ether oxygens (including phenoxy) is 1. The lowest BCUT2D eigenvalue weighted by Crippen LogP contribution is -2.26. The Hall–Kier alpha value is -2.45. The first kappa shape index (κ1) is 17.0. The highest BCUT2D eigenvalue weighted by Gasteiger charge is 2.25. The summed E-state index contributed by atoms with van der Waals surface area (Å²) in [5.41, 5.74) is 1.60. The third-order valence-electron chi connectivity index (χ3n) is 4.40. The highest BCUT2D eigenvalue weighted by Crippen LogP contribution is 2.31. The Morgan fingerprint density at radius 3 is 3.00 bits per heavy atom. The van der Waals surface area contributed by atoms with Crippen LogP contribution in [0, 0.1) is 0 Å². The van der Waals surface area contributed by atoms with Crippen LogP contribution in [0.4, 0.5) is 0 Å². The van der Waals surface area contributed by atoms with E-state index in [0.717, 1.165) is 36.3 Å². The van der Waals surface area contributed by atoms with Crippen LogP contribution in [0.1, 0.15) is 42.5 Å². The minimum absolute atomic E-state index is 0.0311. The van der Waals surface area contributed by atoms with Crippen LogP contribution >= 0.6 is 11.3 Å². The van der Waals surface area contributed by atoms with Gasteiger partial charge in [-0.3, -0.25) is 9.78 Å². The number of allylic oxidation sites excluding steroid dienone is 1. The molecule has 136 valence electrons. The molecule has 1 fully saturated rings. The van der Waals surface area contributed by atoms with Gasteiger partial charge >= 0.3 is 6.01 Å². The minimum Gasteiger partial charge on any atom is -0.443 e. The molecule has 8 heteroatoms. The Morgan fingerprint density at radius 2 is 2.23 bits per heavy atom. The summed E-state index contributed by atoms with van der Waals surface area (Å²) < 4.78 is 5.32. The van der Waals surface area contributed by atoms with E-state index >= 15 is 0 Å². The van der Waals surface area contributed by atoms with Crippen molar-refractivity contribution in [3.63, 3.8) is 0 Å². The van der Waals surface area contributed by atoms with Crippen LogP contribution in [0.3, 0.4) is 0 Å². The summed E-state index contributed by atoms with van der Waals surface area (Å²) in [5, 5.41) is 16.0. The van der Waals surface area contributed by atoms with E-state index in [4.69, 9.17) is 9.57 Å². The fraction of sp³-hybridized carbons (Fsp3) is 0.389. The number of H-pyrrole nitrogens is 1. The number of oxime groups is 1. The molecule has 0 radical (unpaired) electrons. The SMILES string of the molecule is O=c1[nH]c(ON=C2CCCCC2)nc2c1C(Cc1cccs1)=CC(O)O2. The largest absolute Gasteiger partial charge is 0.443 e. The second-order valence-corrected chi connectivity index (χ2v) is 7.35. The molecule has 1 atom stereocenters. The molecule has 1 aliphatic heterocycles.